The predicted molar refractivity (Wildman–Crippen MR) is 67.7 cm³/mol. The maximum Gasteiger partial charge on any atom is 0.180 e. The van der Waals surface area contributed by atoms with Crippen LogP contribution in [0.5, 0.6) is 5.75 Å². The van der Waals surface area contributed by atoms with Gasteiger partial charge in [0.2, 0.25) is 0 Å². The summed E-state index contributed by atoms with van der Waals surface area (Å²) < 4.78 is 28.0. The van der Waals surface area contributed by atoms with E-state index in [1.807, 2.05) is 6.92 Å². The fraction of sp³-hybridized carbons (Fsp3) is 0.364. The van der Waals surface area contributed by atoms with Crippen molar-refractivity contribution in [2.45, 2.75) is 24.3 Å². The molecule has 0 aromatic heterocycles. The summed E-state index contributed by atoms with van der Waals surface area (Å²) in [4.78, 5) is 0.215. The number of sulfone groups is 1. The van der Waals surface area contributed by atoms with E-state index in [4.69, 9.17) is 15.7 Å². The molecule has 6 nitrogen and oxygen atoms in total. The van der Waals surface area contributed by atoms with Crippen molar-refractivity contribution < 1.29 is 18.4 Å². The zero-order chi connectivity index (χ0) is 13.8. The Bertz CT molecular complexity index is 522. The second-order valence-electron chi connectivity index (χ2n) is 3.78. The van der Waals surface area contributed by atoms with E-state index < -0.39 is 15.9 Å². The van der Waals surface area contributed by atoms with Gasteiger partial charge in [0.25, 0.3) is 0 Å². The number of ether oxygens (including phenoxy) is 1. The molecule has 7 heteroatoms. The number of amidine groups is 1. The lowest BCUT2D eigenvalue weighted by molar-refractivity contribution is 0.246. The van der Waals surface area contributed by atoms with Crippen LogP contribution < -0.4 is 10.5 Å². The molecule has 0 radical (unpaired) electrons. The Labute approximate surface area is 106 Å². The van der Waals surface area contributed by atoms with Gasteiger partial charge in [-0.1, -0.05) is 12.1 Å². The summed E-state index contributed by atoms with van der Waals surface area (Å²) in [6, 6.07) is 5.96. The molecule has 0 fully saturated rings. The molecule has 1 aromatic carbocycles. The normalized spacial score (nSPS) is 14.2. The van der Waals surface area contributed by atoms with E-state index in [-0.39, 0.29) is 10.7 Å². The van der Waals surface area contributed by atoms with E-state index in [1.165, 1.54) is 24.3 Å². The van der Waals surface area contributed by atoms with Crippen LogP contribution in [0.3, 0.4) is 0 Å². The molecule has 1 atom stereocenters. The van der Waals surface area contributed by atoms with Crippen LogP contribution in [-0.4, -0.2) is 31.8 Å². The molecule has 0 saturated heterocycles. The topological polar surface area (TPSA) is 102 Å². The molecule has 0 spiro atoms. The summed E-state index contributed by atoms with van der Waals surface area (Å²) in [7, 11) is -3.22. The Kier molecular flexibility index (Phi) is 4.55. The molecule has 3 N–H and O–H groups in total. The molecule has 0 heterocycles. The van der Waals surface area contributed by atoms with Crippen LogP contribution in [0.25, 0.3) is 0 Å². The molecule has 1 aromatic rings. The van der Waals surface area contributed by atoms with E-state index in [0.29, 0.717) is 12.2 Å². The summed E-state index contributed by atoms with van der Waals surface area (Å²) in [5.74, 6) is 0.436. The number of oxime groups is 1. The van der Waals surface area contributed by atoms with Gasteiger partial charge in [0.1, 0.15) is 5.75 Å². The van der Waals surface area contributed by atoms with Crippen molar-refractivity contribution >= 4 is 15.7 Å². The SMILES string of the molecule is CCC(Oc1ccc(S(C)(=O)=O)cc1)C(N)=NO. The molecule has 1 unspecified atom stereocenters. The van der Waals surface area contributed by atoms with Crippen LogP contribution in [0.1, 0.15) is 13.3 Å². The minimum atomic E-state index is -3.22. The van der Waals surface area contributed by atoms with Crippen molar-refractivity contribution in [1.82, 2.24) is 0 Å². The summed E-state index contributed by atoms with van der Waals surface area (Å²) in [6.45, 7) is 1.83. The largest absolute Gasteiger partial charge is 0.482 e. The van der Waals surface area contributed by atoms with Crippen LogP contribution in [0, 0.1) is 0 Å². The second-order valence-corrected chi connectivity index (χ2v) is 5.80. The highest BCUT2D eigenvalue weighted by Gasteiger charge is 2.14. The number of nitrogens with zero attached hydrogens (tertiary/aromatic N) is 1. The molecule has 18 heavy (non-hydrogen) atoms. The highest BCUT2D eigenvalue weighted by Crippen LogP contribution is 2.17. The van der Waals surface area contributed by atoms with Gasteiger partial charge >= 0.3 is 0 Å². The standard InChI is InChI=1S/C11H16N2O4S/c1-3-10(11(12)13-14)17-8-4-6-9(7-5-8)18(2,15)16/h4-7,10,14H,3H2,1-2H3,(H2,12,13). The van der Waals surface area contributed by atoms with Crippen LogP contribution in [-0.2, 0) is 9.84 Å². The zero-order valence-electron chi connectivity index (χ0n) is 10.2. The van der Waals surface area contributed by atoms with Gasteiger partial charge in [-0.15, -0.1) is 0 Å². The fourth-order valence-electron chi connectivity index (χ4n) is 1.35. The third-order valence-electron chi connectivity index (χ3n) is 2.35. The molecule has 1 rings (SSSR count). The van der Waals surface area contributed by atoms with Crippen LogP contribution in [0.2, 0.25) is 0 Å². The fourth-order valence-corrected chi connectivity index (χ4v) is 1.98. The Morgan fingerprint density at radius 2 is 2.00 bits per heavy atom. The van der Waals surface area contributed by atoms with Crippen molar-refractivity contribution in [3.05, 3.63) is 24.3 Å². The molecule has 100 valence electrons. The minimum absolute atomic E-state index is 0.0234. The smallest absolute Gasteiger partial charge is 0.180 e. The van der Waals surface area contributed by atoms with Crippen LogP contribution in [0.15, 0.2) is 34.3 Å². The first-order chi connectivity index (χ1) is 8.38. The van der Waals surface area contributed by atoms with Gasteiger partial charge in [-0.25, -0.2) is 8.42 Å². The van der Waals surface area contributed by atoms with Gasteiger partial charge in [-0.05, 0) is 30.7 Å². The molecular weight excluding hydrogens is 256 g/mol. The molecular formula is C11H16N2O4S. The maximum absolute atomic E-state index is 11.3. The lowest BCUT2D eigenvalue weighted by Crippen LogP contribution is -2.33. The maximum atomic E-state index is 11.3. The van der Waals surface area contributed by atoms with Gasteiger partial charge in [-0.3, -0.25) is 0 Å². The molecule has 0 aliphatic rings. The molecule has 0 aliphatic heterocycles. The second kappa shape index (κ2) is 5.72. The van der Waals surface area contributed by atoms with E-state index in [0.717, 1.165) is 6.26 Å². The summed E-state index contributed by atoms with van der Waals surface area (Å²) in [5.41, 5.74) is 5.45. The first-order valence-corrected chi connectivity index (χ1v) is 7.21. The highest BCUT2D eigenvalue weighted by atomic mass is 32.2. The van der Waals surface area contributed by atoms with E-state index in [1.54, 1.807) is 0 Å². The van der Waals surface area contributed by atoms with E-state index >= 15 is 0 Å². The van der Waals surface area contributed by atoms with Gasteiger partial charge < -0.3 is 15.7 Å². The summed E-state index contributed by atoms with van der Waals surface area (Å²) in [5, 5.41) is 11.5. The van der Waals surface area contributed by atoms with E-state index in [2.05, 4.69) is 5.16 Å². The first kappa shape index (κ1) is 14.3. The number of rotatable bonds is 5. The number of hydrogen-bond acceptors (Lipinski definition) is 5. The van der Waals surface area contributed by atoms with Gasteiger partial charge in [0.05, 0.1) is 4.90 Å². The quantitative estimate of drug-likeness (QED) is 0.360. The Morgan fingerprint density at radius 3 is 2.39 bits per heavy atom. The van der Waals surface area contributed by atoms with Gasteiger partial charge in [0.15, 0.2) is 21.8 Å². The predicted octanol–water partition coefficient (Wildman–Crippen LogP) is 0.994. The number of nitrogens with two attached hydrogens (primary N) is 1. The summed E-state index contributed by atoms with van der Waals surface area (Å²) in [6.07, 6.45) is 1.12. The summed E-state index contributed by atoms with van der Waals surface area (Å²) >= 11 is 0. The third kappa shape index (κ3) is 3.63. The average Bonchev–Trinajstić information content (AvgIpc) is 2.34. The van der Waals surface area contributed by atoms with Crippen molar-refractivity contribution in [2.75, 3.05) is 6.26 Å². The Morgan fingerprint density at radius 1 is 1.44 bits per heavy atom. The number of hydrogen-bond donors (Lipinski definition) is 2. The molecule has 0 amide bonds. The van der Waals surface area contributed by atoms with Gasteiger partial charge in [-0.2, -0.15) is 0 Å². The van der Waals surface area contributed by atoms with Crippen LogP contribution >= 0.6 is 0 Å². The van der Waals surface area contributed by atoms with Crippen molar-refractivity contribution in [3.63, 3.8) is 0 Å². The van der Waals surface area contributed by atoms with Gasteiger partial charge in [0, 0.05) is 6.26 Å². The highest BCUT2D eigenvalue weighted by molar-refractivity contribution is 7.90. The van der Waals surface area contributed by atoms with Crippen molar-refractivity contribution in [2.24, 2.45) is 10.9 Å². The monoisotopic (exact) mass is 272 g/mol. The van der Waals surface area contributed by atoms with E-state index in [9.17, 15) is 8.42 Å². The minimum Gasteiger partial charge on any atom is -0.482 e. The Hall–Kier alpha value is -1.76. The Balaban J connectivity index is 2.87. The first-order valence-electron chi connectivity index (χ1n) is 5.32. The number of benzene rings is 1. The molecule has 0 aliphatic carbocycles. The van der Waals surface area contributed by atoms with Crippen LogP contribution in [0.4, 0.5) is 0 Å². The lowest BCUT2D eigenvalue weighted by Gasteiger charge is -2.16. The van der Waals surface area contributed by atoms with Crippen molar-refractivity contribution in [1.29, 1.82) is 0 Å². The molecule has 0 saturated carbocycles. The molecule has 0 bridgehead atoms. The average molecular weight is 272 g/mol. The lowest BCUT2D eigenvalue weighted by atomic mass is 10.2. The zero-order valence-corrected chi connectivity index (χ0v) is 11.0. The van der Waals surface area contributed by atoms with Crippen molar-refractivity contribution in [3.8, 4) is 5.75 Å². The third-order valence-corrected chi connectivity index (χ3v) is 3.47.